The molecule has 7 nitrogen and oxygen atoms in total. The number of nitrogens with one attached hydrogen (secondary N) is 1. The second kappa shape index (κ2) is 8.68. The maximum atomic E-state index is 12.8. The van der Waals surface area contributed by atoms with Crippen LogP contribution in [-0.2, 0) is 6.42 Å². The largest absolute Gasteiger partial charge is 0.353 e. The van der Waals surface area contributed by atoms with Crippen molar-refractivity contribution in [2.24, 2.45) is 0 Å². The number of anilines is 3. The molecule has 1 aliphatic heterocycles. The van der Waals surface area contributed by atoms with E-state index in [9.17, 15) is 4.79 Å². The van der Waals surface area contributed by atoms with Gasteiger partial charge in [0.05, 0.1) is 0 Å². The molecule has 3 heterocycles. The van der Waals surface area contributed by atoms with E-state index in [-0.39, 0.29) is 5.91 Å². The number of benzene rings is 1. The molecule has 2 aromatic heterocycles. The van der Waals surface area contributed by atoms with Gasteiger partial charge in [0.2, 0.25) is 0 Å². The molecule has 1 fully saturated rings. The number of piperazine rings is 1. The van der Waals surface area contributed by atoms with E-state index in [4.69, 9.17) is 0 Å². The summed E-state index contributed by atoms with van der Waals surface area (Å²) >= 11 is 0. The normalized spacial score (nSPS) is 14.0. The van der Waals surface area contributed by atoms with E-state index in [1.807, 2.05) is 35.2 Å². The van der Waals surface area contributed by atoms with Gasteiger partial charge in [0.25, 0.3) is 5.91 Å². The van der Waals surface area contributed by atoms with Crippen molar-refractivity contribution in [3.63, 3.8) is 0 Å². The molecule has 7 heteroatoms. The van der Waals surface area contributed by atoms with Gasteiger partial charge in [-0.05, 0) is 48.4 Å². The highest BCUT2D eigenvalue weighted by atomic mass is 16.2. The van der Waals surface area contributed by atoms with Crippen molar-refractivity contribution in [1.29, 1.82) is 0 Å². The Labute approximate surface area is 170 Å². The van der Waals surface area contributed by atoms with Gasteiger partial charge < -0.3 is 15.1 Å². The minimum absolute atomic E-state index is 0.0861. The van der Waals surface area contributed by atoms with Gasteiger partial charge in [-0.3, -0.25) is 4.79 Å². The summed E-state index contributed by atoms with van der Waals surface area (Å²) in [4.78, 5) is 21.1. The maximum absolute atomic E-state index is 12.8. The van der Waals surface area contributed by atoms with Gasteiger partial charge in [-0.25, -0.2) is 4.98 Å². The molecule has 1 amide bonds. The Morgan fingerprint density at radius 2 is 1.76 bits per heavy atom. The summed E-state index contributed by atoms with van der Waals surface area (Å²) in [7, 11) is 0. The Morgan fingerprint density at radius 3 is 2.38 bits per heavy atom. The van der Waals surface area contributed by atoms with Gasteiger partial charge in [0.1, 0.15) is 5.82 Å². The number of rotatable bonds is 5. The minimum atomic E-state index is -0.0861. The van der Waals surface area contributed by atoms with Gasteiger partial charge in [-0.15, -0.1) is 10.2 Å². The fourth-order valence-corrected chi connectivity index (χ4v) is 3.33. The Bertz CT molecular complexity index is 935. The number of hydrogen-bond acceptors (Lipinski definition) is 6. The van der Waals surface area contributed by atoms with Gasteiger partial charge in [0, 0.05) is 38.1 Å². The number of aromatic nitrogens is 3. The Hall–Kier alpha value is -3.48. The van der Waals surface area contributed by atoms with Gasteiger partial charge >= 0.3 is 0 Å². The summed E-state index contributed by atoms with van der Waals surface area (Å²) in [5.41, 5.74) is 2.59. The monoisotopic (exact) mass is 388 g/mol. The number of carbonyl (C=O) groups is 1. The average Bonchev–Trinajstić information content (AvgIpc) is 2.80. The predicted octanol–water partition coefficient (Wildman–Crippen LogP) is 3.14. The number of hydrogen-bond donors (Lipinski definition) is 1. The molecule has 1 aliphatic rings. The van der Waals surface area contributed by atoms with Crippen LogP contribution >= 0.6 is 0 Å². The molecule has 4 rings (SSSR count). The van der Waals surface area contributed by atoms with Crippen molar-refractivity contribution in [2.45, 2.75) is 13.3 Å². The van der Waals surface area contributed by atoms with Gasteiger partial charge in [-0.1, -0.05) is 25.1 Å². The van der Waals surface area contributed by atoms with Crippen molar-refractivity contribution < 1.29 is 4.79 Å². The molecule has 0 saturated carbocycles. The van der Waals surface area contributed by atoms with Crippen LogP contribution in [-0.4, -0.2) is 52.2 Å². The van der Waals surface area contributed by atoms with E-state index in [1.165, 1.54) is 5.56 Å². The molecule has 1 saturated heterocycles. The molecule has 0 atom stereocenters. The lowest BCUT2D eigenvalue weighted by atomic mass is 10.1. The standard InChI is InChI=1S/C22H24N6O/c1-2-17-6-8-18(9-7-17)24-20-11-10-19(25-26-20)22(29)28-15-13-27(14-16-28)21-5-3-4-12-23-21/h3-12H,2,13-16H2,1H3,(H,24,26). The van der Waals surface area contributed by atoms with Crippen molar-refractivity contribution in [3.8, 4) is 0 Å². The third kappa shape index (κ3) is 4.51. The van der Waals surface area contributed by atoms with Crippen LogP contribution in [0.3, 0.4) is 0 Å². The van der Waals surface area contributed by atoms with Gasteiger partial charge in [-0.2, -0.15) is 0 Å². The molecule has 29 heavy (non-hydrogen) atoms. The van der Waals surface area contributed by atoms with Crippen LogP contribution in [0.2, 0.25) is 0 Å². The zero-order valence-electron chi connectivity index (χ0n) is 16.5. The van der Waals surface area contributed by atoms with Crippen LogP contribution in [0.5, 0.6) is 0 Å². The smallest absolute Gasteiger partial charge is 0.274 e. The molecule has 0 radical (unpaired) electrons. The Kier molecular flexibility index (Phi) is 5.65. The number of pyridine rings is 1. The molecule has 1 N–H and O–H groups in total. The first-order valence-corrected chi connectivity index (χ1v) is 9.88. The molecule has 0 spiro atoms. The van der Waals surface area contributed by atoms with E-state index in [2.05, 4.69) is 44.5 Å². The summed E-state index contributed by atoms with van der Waals surface area (Å²) in [5.74, 6) is 1.48. The van der Waals surface area contributed by atoms with E-state index in [0.29, 0.717) is 24.6 Å². The number of aryl methyl sites for hydroxylation is 1. The maximum Gasteiger partial charge on any atom is 0.274 e. The third-order valence-electron chi connectivity index (χ3n) is 5.06. The molecule has 0 unspecified atom stereocenters. The van der Waals surface area contributed by atoms with Crippen molar-refractivity contribution in [1.82, 2.24) is 20.1 Å². The summed E-state index contributed by atoms with van der Waals surface area (Å²) < 4.78 is 0. The summed E-state index contributed by atoms with van der Waals surface area (Å²) in [6.07, 6.45) is 2.79. The summed E-state index contributed by atoms with van der Waals surface area (Å²) in [6.45, 7) is 4.91. The quantitative estimate of drug-likeness (QED) is 0.724. The van der Waals surface area contributed by atoms with Crippen LogP contribution in [0, 0.1) is 0 Å². The van der Waals surface area contributed by atoms with Crippen LogP contribution in [0.15, 0.2) is 60.8 Å². The second-order valence-electron chi connectivity index (χ2n) is 6.95. The van der Waals surface area contributed by atoms with Crippen molar-refractivity contribution in [2.75, 3.05) is 36.4 Å². The zero-order chi connectivity index (χ0) is 20.1. The van der Waals surface area contributed by atoms with Crippen LogP contribution in [0.4, 0.5) is 17.3 Å². The molecule has 148 valence electrons. The molecular formula is C22H24N6O. The van der Waals surface area contributed by atoms with Gasteiger partial charge in [0.15, 0.2) is 11.5 Å². The van der Waals surface area contributed by atoms with Crippen LogP contribution in [0.1, 0.15) is 23.0 Å². The molecular weight excluding hydrogens is 364 g/mol. The second-order valence-corrected chi connectivity index (χ2v) is 6.95. The molecule has 0 bridgehead atoms. The highest BCUT2D eigenvalue weighted by molar-refractivity contribution is 5.92. The first-order chi connectivity index (χ1) is 14.2. The SMILES string of the molecule is CCc1ccc(Nc2ccc(C(=O)N3CCN(c4ccccn4)CC3)nn2)cc1. The average molecular weight is 388 g/mol. The van der Waals surface area contributed by atoms with Crippen LogP contribution < -0.4 is 10.2 Å². The van der Waals surface area contributed by atoms with E-state index in [0.717, 1.165) is 31.0 Å². The molecule has 0 aliphatic carbocycles. The highest BCUT2D eigenvalue weighted by Crippen LogP contribution is 2.17. The van der Waals surface area contributed by atoms with Crippen molar-refractivity contribution >= 4 is 23.2 Å². The molecule has 3 aromatic rings. The fourth-order valence-electron chi connectivity index (χ4n) is 3.33. The Balaban J connectivity index is 1.34. The lowest BCUT2D eigenvalue weighted by Gasteiger charge is -2.35. The van der Waals surface area contributed by atoms with Crippen molar-refractivity contribution in [3.05, 3.63) is 72.1 Å². The number of amides is 1. The van der Waals surface area contributed by atoms with E-state index < -0.39 is 0 Å². The minimum Gasteiger partial charge on any atom is -0.353 e. The lowest BCUT2D eigenvalue weighted by molar-refractivity contribution is 0.0739. The predicted molar refractivity (Wildman–Crippen MR) is 113 cm³/mol. The third-order valence-corrected chi connectivity index (χ3v) is 5.06. The lowest BCUT2D eigenvalue weighted by Crippen LogP contribution is -2.49. The number of nitrogens with zero attached hydrogens (tertiary/aromatic N) is 5. The topological polar surface area (TPSA) is 74.2 Å². The van der Waals surface area contributed by atoms with E-state index in [1.54, 1.807) is 18.3 Å². The number of carbonyl (C=O) groups excluding carboxylic acids is 1. The van der Waals surface area contributed by atoms with E-state index >= 15 is 0 Å². The fraction of sp³-hybridized carbons (Fsp3) is 0.273. The highest BCUT2D eigenvalue weighted by Gasteiger charge is 2.23. The molecule has 1 aromatic carbocycles. The Morgan fingerprint density at radius 1 is 0.966 bits per heavy atom. The first-order valence-electron chi connectivity index (χ1n) is 9.88. The van der Waals surface area contributed by atoms with Crippen LogP contribution in [0.25, 0.3) is 0 Å². The summed E-state index contributed by atoms with van der Waals surface area (Å²) in [5, 5.41) is 11.5. The zero-order valence-corrected chi connectivity index (χ0v) is 16.5. The first kappa shape index (κ1) is 18.9. The summed E-state index contributed by atoms with van der Waals surface area (Å²) in [6, 6.07) is 17.6.